The van der Waals surface area contributed by atoms with Crippen molar-refractivity contribution in [1.29, 1.82) is 0 Å². The number of hydrogen-bond acceptors (Lipinski definition) is 2. The van der Waals surface area contributed by atoms with Crippen LogP contribution in [0, 0.1) is 17.8 Å². The van der Waals surface area contributed by atoms with Gasteiger partial charge in [0, 0.05) is 7.05 Å². The quantitative estimate of drug-likeness (QED) is 0.922. The maximum absolute atomic E-state index is 6.14. The summed E-state index contributed by atoms with van der Waals surface area (Å²) in [7, 11) is 2.03. The van der Waals surface area contributed by atoms with Gasteiger partial charge in [-0.1, -0.05) is 13.8 Å². The lowest BCUT2D eigenvalue weighted by molar-refractivity contribution is 0.106. The van der Waals surface area contributed by atoms with E-state index in [1.807, 2.05) is 18.7 Å². The first-order chi connectivity index (χ1) is 8.79. The molecule has 1 saturated carbocycles. The van der Waals surface area contributed by atoms with Gasteiger partial charge in [0.05, 0.1) is 15.9 Å². The molecule has 108 valence electrons. The lowest BCUT2D eigenvalue weighted by Gasteiger charge is -2.43. The molecule has 0 bridgehead atoms. The molecule has 0 amide bonds. The van der Waals surface area contributed by atoms with E-state index in [0.717, 1.165) is 23.1 Å². The predicted molar refractivity (Wildman–Crippen MR) is 83.1 cm³/mol. The van der Waals surface area contributed by atoms with Crippen molar-refractivity contribution < 1.29 is 0 Å². The average molecular weight is 328 g/mol. The molecule has 0 aliphatic heterocycles. The zero-order chi connectivity index (χ0) is 14.3. The molecule has 0 radical (unpaired) electrons. The molecule has 0 atom stereocenters. The molecule has 1 heterocycles. The van der Waals surface area contributed by atoms with Gasteiger partial charge in [-0.25, -0.2) is 0 Å². The van der Waals surface area contributed by atoms with Crippen LogP contribution in [0.1, 0.15) is 50.9 Å². The number of nitrogens with two attached hydrogens (primary N) is 1. The normalized spacial score (nSPS) is 21.6. The molecule has 1 aliphatic rings. The van der Waals surface area contributed by atoms with Gasteiger partial charge >= 0.3 is 0 Å². The molecule has 3 nitrogen and oxygen atoms in total. The average Bonchev–Trinajstić information content (AvgIpc) is 2.59. The van der Waals surface area contributed by atoms with E-state index in [-0.39, 0.29) is 5.41 Å². The van der Waals surface area contributed by atoms with E-state index in [2.05, 4.69) is 34.9 Å². The van der Waals surface area contributed by atoms with Crippen LogP contribution in [0.3, 0.4) is 0 Å². The topological polar surface area (TPSA) is 43.8 Å². The van der Waals surface area contributed by atoms with E-state index in [0.29, 0.717) is 5.41 Å². The van der Waals surface area contributed by atoms with Gasteiger partial charge in [-0.3, -0.25) is 4.68 Å². The van der Waals surface area contributed by atoms with Crippen LogP contribution in [0.25, 0.3) is 0 Å². The Balaban J connectivity index is 2.20. The third-order valence-electron chi connectivity index (χ3n) is 4.90. The van der Waals surface area contributed by atoms with Crippen molar-refractivity contribution in [3.05, 3.63) is 15.9 Å². The number of rotatable bonds is 3. The van der Waals surface area contributed by atoms with Crippen molar-refractivity contribution >= 4 is 15.9 Å². The molecule has 0 spiro atoms. The van der Waals surface area contributed by atoms with Gasteiger partial charge < -0.3 is 5.73 Å². The molecule has 2 N–H and O–H groups in total. The summed E-state index contributed by atoms with van der Waals surface area (Å²) in [6.07, 6.45) is 6.05. The summed E-state index contributed by atoms with van der Waals surface area (Å²) in [4.78, 5) is 0. The first-order valence-electron chi connectivity index (χ1n) is 7.17. The van der Waals surface area contributed by atoms with Gasteiger partial charge in [-0.2, -0.15) is 5.10 Å². The highest BCUT2D eigenvalue weighted by molar-refractivity contribution is 9.10. The van der Waals surface area contributed by atoms with Crippen molar-refractivity contribution in [3.8, 4) is 0 Å². The molecule has 19 heavy (non-hydrogen) atoms. The van der Waals surface area contributed by atoms with Gasteiger partial charge in [-0.15, -0.1) is 0 Å². The van der Waals surface area contributed by atoms with Gasteiger partial charge in [0.25, 0.3) is 0 Å². The fourth-order valence-corrected chi connectivity index (χ4v) is 3.61. The fourth-order valence-electron chi connectivity index (χ4n) is 3.14. The first kappa shape index (κ1) is 15.0. The Bertz CT molecular complexity index is 452. The largest absolute Gasteiger partial charge is 0.330 e. The Morgan fingerprint density at radius 2 is 1.84 bits per heavy atom. The monoisotopic (exact) mass is 327 g/mol. The van der Waals surface area contributed by atoms with E-state index < -0.39 is 0 Å². The van der Waals surface area contributed by atoms with Crippen molar-refractivity contribution in [2.75, 3.05) is 6.54 Å². The first-order valence-corrected chi connectivity index (χ1v) is 7.96. The van der Waals surface area contributed by atoms with Crippen LogP contribution in [-0.4, -0.2) is 16.3 Å². The fraction of sp³-hybridized carbons (Fsp3) is 0.800. The maximum Gasteiger partial charge on any atom is 0.0738 e. The smallest absolute Gasteiger partial charge is 0.0738 e. The molecular weight excluding hydrogens is 302 g/mol. The van der Waals surface area contributed by atoms with Gasteiger partial charge in [0.2, 0.25) is 0 Å². The molecule has 1 fully saturated rings. The molecular formula is C15H26BrN3. The SMILES string of the molecule is Cc1nn(C)c(CC2(CN)CCC(C)(C)CC2)c1Br. The number of aromatic nitrogens is 2. The van der Waals surface area contributed by atoms with Crippen LogP contribution in [0.4, 0.5) is 0 Å². The molecule has 2 rings (SSSR count). The third-order valence-corrected chi connectivity index (χ3v) is 5.93. The van der Waals surface area contributed by atoms with Crippen molar-refractivity contribution in [1.82, 2.24) is 9.78 Å². The summed E-state index contributed by atoms with van der Waals surface area (Å²) >= 11 is 3.68. The Labute approximate surface area is 125 Å². The third kappa shape index (κ3) is 3.05. The van der Waals surface area contributed by atoms with Crippen LogP contribution in [0.15, 0.2) is 4.47 Å². The Morgan fingerprint density at radius 3 is 2.26 bits per heavy atom. The predicted octanol–water partition coefficient (Wildman–Crippen LogP) is 3.58. The minimum absolute atomic E-state index is 0.262. The molecule has 0 aromatic carbocycles. The second-order valence-electron chi connectivity index (χ2n) is 7.01. The van der Waals surface area contributed by atoms with Crippen LogP contribution in [0.2, 0.25) is 0 Å². The van der Waals surface area contributed by atoms with Crippen molar-refractivity contribution in [2.45, 2.75) is 52.9 Å². The molecule has 1 aromatic heterocycles. The van der Waals surface area contributed by atoms with Crippen LogP contribution in [-0.2, 0) is 13.5 Å². The lowest BCUT2D eigenvalue weighted by atomic mass is 9.63. The van der Waals surface area contributed by atoms with E-state index in [1.54, 1.807) is 0 Å². The maximum atomic E-state index is 6.14. The van der Waals surface area contributed by atoms with Crippen LogP contribution in [0.5, 0.6) is 0 Å². The minimum atomic E-state index is 0.262. The summed E-state index contributed by atoms with van der Waals surface area (Å²) < 4.78 is 3.17. The van der Waals surface area contributed by atoms with Crippen molar-refractivity contribution in [3.63, 3.8) is 0 Å². The Kier molecular flexibility index (Phi) is 4.12. The Morgan fingerprint density at radius 1 is 1.26 bits per heavy atom. The zero-order valence-electron chi connectivity index (χ0n) is 12.6. The molecule has 0 unspecified atom stereocenters. The van der Waals surface area contributed by atoms with E-state index >= 15 is 0 Å². The lowest BCUT2D eigenvalue weighted by Crippen LogP contribution is -2.39. The number of hydrogen-bond donors (Lipinski definition) is 1. The minimum Gasteiger partial charge on any atom is -0.330 e. The van der Waals surface area contributed by atoms with E-state index in [9.17, 15) is 0 Å². The molecule has 1 aliphatic carbocycles. The molecule has 4 heteroatoms. The zero-order valence-corrected chi connectivity index (χ0v) is 14.2. The van der Waals surface area contributed by atoms with Crippen LogP contribution >= 0.6 is 15.9 Å². The van der Waals surface area contributed by atoms with Gasteiger partial charge in [0.15, 0.2) is 0 Å². The second kappa shape index (κ2) is 5.21. The van der Waals surface area contributed by atoms with Gasteiger partial charge in [0.1, 0.15) is 0 Å². The highest BCUT2D eigenvalue weighted by Crippen LogP contribution is 2.46. The van der Waals surface area contributed by atoms with Crippen LogP contribution < -0.4 is 5.73 Å². The van der Waals surface area contributed by atoms with Gasteiger partial charge in [-0.05, 0) is 72.3 Å². The van der Waals surface area contributed by atoms with Crippen molar-refractivity contribution in [2.24, 2.45) is 23.6 Å². The summed E-state index contributed by atoms with van der Waals surface area (Å²) in [5.74, 6) is 0. The second-order valence-corrected chi connectivity index (χ2v) is 7.81. The standard InChI is InChI=1S/C15H26BrN3/c1-11-13(16)12(19(4)18-11)9-15(10-17)7-5-14(2,3)6-8-15/h5-10,17H2,1-4H3. The summed E-state index contributed by atoms with van der Waals surface area (Å²) in [5.41, 5.74) is 9.25. The van der Waals surface area contributed by atoms with E-state index in [4.69, 9.17) is 5.73 Å². The summed E-state index contributed by atoms with van der Waals surface area (Å²) in [6, 6.07) is 0. The highest BCUT2D eigenvalue weighted by Gasteiger charge is 2.38. The Hall–Kier alpha value is -0.350. The van der Waals surface area contributed by atoms with E-state index in [1.165, 1.54) is 31.4 Å². The highest BCUT2D eigenvalue weighted by atomic mass is 79.9. The number of halogens is 1. The molecule has 0 saturated heterocycles. The number of aryl methyl sites for hydroxylation is 2. The molecule has 1 aromatic rings. The number of nitrogens with zero attached hydrogens (tertiary/aromatic N) is 2. The summed E-state index contributed by atoms with van der Waals surface area (Å²) in [5, 5.41) is 4.50. The summed E-state index contributed by atoms with van der Waals surface area (Å²) in [6.45, 7) is 7.57.